The van der Waals surface area contributed by atoms with Gasteiger partial charge >= 0.3 is 6.03 Å². The molecule has 0 saturated carbocycles. The first kappa shape index (κ1) is 20.4. The Balaban J connectivity index is 1.36. The zero-order chi connectivity index (χ0) is 21.3. The van der Waals surface area contributed by atoms with E-state index < -0.39 is 11.6 Å². The van der Waals surface area contributed by atoms with Crippen LogP contribution in [0.3, 0.4) is 0 Å². The summed E-state index contributed by atoms with van der Waals surface area (Å²) in [5.41, 5.74) is 0.841. The Kier molecular flexibility index (Phi) is 5.51. The number of nitrogens with one attached hydrogen (secondary N) is 1. The summed E-state index contributed by atoms with van der Waals surface area (Å²) in [6.07, 6.45) is 1.23. The molecule has 1 aliphatic carbocycles. The minimum Gasteiger partial charge on any atom is -0.492 e. The lowest BCUT2D eigenvalue weighted by Crippen LogP contribution is -2.44. The van der Waals surface area contributed by atoms with E-state index in [1.165, 1.54) is 4.90 Å². The van der Waals surface area contributed by atoms with E-state index in [0.717, 1.165) is 26.9 Å². The highest BCUT2D eigenvalue weighted by atomic mass is 79.9. The Bertz CT molecular complexity index is 994. The topological polar surface area (TPSA) is 79.0 Å². The molecule has 4 amide bonds. The molecule has 156 valence electrons. The number of nitrogens with zero attached hydrogens (tertiary/aromatic N) is 2. The molecule has 1 fully saturated rings. The Morgan fingerprint density at radius 1 is 1.20 bits per heavy atom. The number of hydrogen-bond donors (Lipinski definition) is 1. The van der Waals surface area contributed by atoms with E-state index in [4.69, 9.17) is 4.74 Å². The minimum absolute atomic E-state index is 0.288. The van der Waals surface area contributed by atoms with Crippen molar-refractivity contribution < 1.29 is 19.1 Å². The van der Waals surface area contributed by atoms with Crippen LogP contribution in [-0.2, 0) is 21.5 Å². The molecule has 7 nitrogen and oxygen atoms in total. The molecule has 0 aromatic heterocycles. The maximum Gasteiger partial charge on any atom is 0.325 e. The van der Waals surface area contributed by atoms with Crippen LogP contribution in [0.4, 0.5) is 4.79 Å². The number of carbonyl (C=O) groups excluding carboxylic acids is 3. The van der Waals surface area contributed by atoms with Gasteiger partial charge in [-0.15, -0.1) is 0 Å². The highest BCUT2D eigenvalue weighted by Gasteiger charge is 2.55. The van der Waals surface area contributed by atoms with Crippen molar-refractivity contribution in [2.45, 2.75) is 18.4 Å². The average molecular weight is 472 g/mol. The summed E-state index contributed by atoms with van der Waals surface area (Å²) < 4.78 is 6.59. The number of aryl methyl sites for hydroxylation is 1. The second-order valence-corrected chi connectivity index (χ2v) is 8.42. The summed E-state index contributed by atoms with van der Waals surface area (Å²) in [6, 6.07) is 14.5. The van der Waals surface area contributed by atoms with Gasteiger partial charge in [0.2, 0.25) is 5.91 Å². The molecule has 1 atom stereocenters. The zero-order valence-electron chi connectivity index (χ0n) is 16.6. The van der Waals surface area contributed by atoms with Crippen molar-refractivity contribution >= 4 is 33.8 Å². The third kappa shape index (κ3) is 3.67. The lowest BCUT2D eigenvalue weighted by Gasteiger charge is -2.23. The number of amides is 4. The standard InChI is InChI=1S/C22H22BrN3O4/c1-25(12-13-30-17-8-6-16(23)7-9-17)19(27)14-26-20(28)22(24-21(26)29)11-10-15-4-2-3-5-18(15)22/h2-9H,10-14H2,1H3,(H,24,29). The van der Waals surface area contributed by atoms with Gasteiger partial charge in [0, 0.05) is 11.5 Å². The van der Waals surface area contributed by atoms with Crippen LogP contribution in [-0.4, -0.2) is 54.4 Å². The van der Waals surface area contributed by atoms with Crippen molar-refractivity contribution in [2.75, 3.05) is 26.7 Å². The lowest BCUT2D eigenvalue weighted by molar-refractivity contribution is -0.138. The van der Waals surface area contributed by atoms with Gasteiger partial charge in [-0.2, -0.15) is 0 Å². The second-order valence-electron chi connectivity index (χ2n) is 7.50. The number of urea groups is 1. The van der Waals surface area contributed by atoms with Gasteiger partial charge in [0.1, 0.15) is 24.4 Å². The third-order valence-electron chi connectivity index (χ3n) is 5.65. The van der Waals surface area contributed by atoms with Gasteiger partial charge in [-0.3, -0.25) is 14.5 Å². The SMILES string of the molecule is CN(CCOc1ccc(Br)cc1)C(=O)CN1C(=O)NC2(CCc3ccccc32)C1=O. The number of rotatable bonds is 6. The molecule has 8 heteroatoms. The van der Waals surface area contributed by atoms with Gasteiger partial charge in [-0.1, -0.05) is 40.2 Å². The number of ether oxygens (including phenoxy) is 1. The number of imide groups is 1. The Labute approximate surface area is 183 Å². The Morgan fingerprint density at radius 2 is 1.93 bits per heavy atom. The number of halogens is 1. The molecule has 4 rings (SSSR count). The molecule has 2 aromatic rings. The number of likely N-dealkylation sites (N-methyl/N-ethyl adjacent to an activating group) is 1. The summed E-state index contributed by atoms with van der Waals surface area (Å²) in [5.74, 6) is 0.0292. The van der Waals surface area contributed by atoms with Gasteiger partial charge in [0.05, 0.1) is 6.54 Å². The number of hydrogen-bond acceptors (Lipinski definition) is 4. The molecule has 1 heterocycles. The molecular weight excluding hydrogens is 450 g/mol. The summed E-state index contributed by atoms with van der Waals surface area (Å²) in [7, 11) is 1.63. The maximum atomic E-state index is 13.1. The van der Waals surface area contributed by atoms with Gasteiger partial charge in [-0.25, -0.2) is 4.79 Å². The molecule has 2 aliphatic rings. The van der Waals surface area contributed by atoms with E-state index >= 15 is 0 Å². The first-order valence-corrected chi connectivity index (χ1v) is 10.5. The van der Waals surface area contributed by atoms with Crippen molar-refractivity contribution in [3.8, 4) is 5.75 Å². The Morgan fingerprint density at radius 3 is 2.70 bits per heavy atom. The van der Waals surface area contributed by atoms with Gasteiger partial charge in [-0.05, 0) is 48.2 Å². The van der Waals surface area contributed by atoms with Crippen LogP contribution in [0.5, 0.6) is 5.75 Å². The van der Waals surface area contributed by atoms with Crippen molar-refractivity contribution in [3.63, 3.8) is 0 Å². The lowest BCUT2D eigenvalue weighted by atomic mass is 9.92. The number of fused-ring (bicyclic) bond motifs is 2. The molecular formula is C22H22BrN3O4. The normalized spacial score (nSPS) is 19.7. The molecule has 30 heavy (non-hydrogen) atoms. The molecule has 1 N–H and O–H groups in total. The quantitative estimate of drug-likeness (QED) is 0.656. The summed E-state index contributed by atoms with van der Waals surface area (Å²) in [4.78, 5) is 40.8. The van der Waals surface area contributed by atoms with E-state index in [2.05, 4.69) is 21.2 Å². The molecule has 1 aliphatic heterocycles. The van der Waals surface area contributed by atoms with Crippen LogP contribution >= 0.6 is 15.9 Å². The minimum atomic E-state index is -1.04. The van der Waals surface area contributed by atoms with Gasteiger partial charge < -0.3 is 15.0 Å². The van der Waals surface area contributed by atoms with Crippen LogP contribution in [0.2, 0.25) is 0 Å². The van der Waals surface area contributed by atoms with Crippen LogP contribution in [0.25, 0.3) is 0 Å². The predicted octanol–water partition coefficient (Wildman–Crippen LogP) is 2.68. The van der Waals surface area contributed by atoms with Crippen molar-refractivity contribution in [1.82, 2.24) is 15.1 Å². The second kappa shape index (κ2) is 8.10. The summed E-state index contributed by atoms with van der Waals surface area (Å²) in [6.45, 7) is 0.358. The predicted molar refractivity (Wildman–Crippen MR) is 114 cm³/mol. The fourth-order valence-corrected chi connectivity index (χ4v) is 4.21. The van der Waals surface area contributed by atoms with Gasteiger partial charge in [0.25, 0.3) is 5.91 Å². The van der Waals surface area contributed by atoms with Crippen molar-refractivity contribution in [3.05, 3.63) is 64.1 Å². The van der Waals surface area contributed by atoms with Crippen LogP contribution in [0.1, 0.15) is 17.5 Å². The van der Waals surface area contributed by atoms with Crippen LogP contribution in [0.15, 0.2) is 53.0 Å². The smallest absolute Gasteiger partial charge is 0.325 e. The number of carbonyl (C=O) groups is 3. The molecule has 0 bridgehead atoms. The fraction of sp³-hybridized carbons (Fsp3) is 0.318. The average Bonchev–Trinajstić information content (AvgIpc) is 3.22. The van der Waals surface area contributed by atoms with Crippen LogP contribution < -0.4 is 10.1 Å². The zero-order valence-corrected chi connectivity index (χ0v) is 18.1. The maximum absolute atomic E-state index is 13.1. The van der Waals surface area contributed by atoms with E-state index in [0.29, 0.717) is 25.3 Å². The van der Waals surface area contributed by atoms with Gasteiger partial charge in [0.15, 0.2) is 0 Å². The van der Waals surface area contributed by atoms with E-state index in [1.54, 1.807) is 7.05 Å². The van der Waals surface area contributed by atoms with Crippen molar-refractivity contribution in [1.29, 1.82) is 0 Å². The highest BCUT2D eigenvalue weighted by Crippen LogP contribution is 2.41. The molecule has 1 unspecified atom stereocenters. The van der Waals surface area contributed by atoms with E-state index in [9.17, 15) is 14.4 Å². The monoisotopic (exact) mass is 471 g/mol. The molecule has 0 radical (unpaired) electrons. The number of benzene rings is 2. The van der Waals surface area contributed by atoms with Crippen LogP contribution in [0, 0.1) is 0 Å². The molecule has 2 aromatic carbocycles. The van der Waals surface area contributed by atoms with Crippen molar-refractivity contribution in [2.24, 2.45) is 0 Å². The largest absolute Gasteiger partial charge is 0.492 e. The first-order valence-electron chi connectivity index (χ1n) is 9.75. The summed E-state index contributed by atoms with van der Waals surface area (Å²) >= 11 is 3.37. The Hall–Kier alpha value is -2.87. The molecule has 1 saturated heterocycles. The summed E-state index contributed by atoms with van der Waals surface area (Å²) in [5, 5.41) is 2.84. The van der Waals surface area contributed by atoms with E-state index in [1.807, 2.05) is 48.5 Å². The van der Waals surface area contributed by atoms with E-state index in [-0.39, 0.29) is 18.4 Å². The fourth-order valence-electron chi connectivity index (χ4n) is 3.95. The molecule has 1 spiro atoms. The highest BCUT2D eigenvalue weighted by molar-refractivity contribution is 9.10. The third-order valence-corrected chi connectivity index (χ3v) is 6.18. The first-order chi connectivity index (χ1) is 14.4.